The van der Waals surface area contributed by atoms with Gasteiger partial charge in [0.15, 0.2) is 13.7 Å². The van der Waals surface area contributed by atoms with Crippen LogP contribution in [-0.4, -0.2) is 22.5 Å². The fourth-order valence-electron chi connectivity index (χ4n) is 2.63. The first kappa shape index (κ1) is 22.7. The van der Waals surface area contributed by atoms with Crippen LogP contribution in [0.2, 0.25) is 0 Å². The summed E-state index contributed by atoms with van der Waals surface area (Å²) >= 11 is 0. The third-order valence-electron chi connectivity index (χ3n) is 4.14. The minimum Gasteiger partial charge on any atom is -0.360 e. The van der Waals surface area contributed by atoms with Gasteiger partial charge in [-0.05, 0) is 6.42 Å². The maximum Gasteiger partial charge on any atom is 0.202 e. The summed E-state index contributed by atoms with van der Waals surface area (Å²) in [5.74, 6) is 0. The Balaban J connectivity index is 3.27. The van der Waals surface area contributed by atoms with Crippen molar-refractivity contribution in [1.82, 2.24) is 0 Å². The first-order valence-electron chi connectivity index (χ1n) is 9.38. The van der Waals surface area contributed by atoms with Crippen molar-refractivity contribution in [3.63, 3.8) is 0 Å². The van der Waals surface area contributed by atoms with E-state index in [0.717, 1.165) is 19.3 Å². The molecule has 0 amide bonds. The first-order chi connectivity index (χ1) is 11.1. The zero-order valence-electron chi connectivity index (χ0n) is 14.9. The molecule has 0 aliphatic rings. The summed E-state index contributed by atoms with van der Waals surface area (Å²) in [5.41, 5.74) is 4.30. The van der Waals surface area contributed by atoms with E-state index in [4.69, 9.17) is 5.73 Å². The molecule has 0 saturated carbocycles. The molecule has 0 aliphatic heterocycles. The molecule has 0 bridgehead atoms. The SMILES string of the molecule is CCCCCCCCCCCCCCCC(=O)P(O)C(=O)CN. The minimum absolute atomic E-state index is 0.244. The molecule has 1 unspecified atom stereocenters. The number of hydrogen-bond donors (Lipinski definition) is 2. The molecule has 0 spiro atoms. The molecule has 0 aliphatic carbocycles. The lowest BCUT2D eigenvalue weighted by Crippen LogP contribution is -2.14. The highest BCUT2D eigenvalue weighted by Crippen LogP contribution is 2.33. The number of carbonyl (C=O) groups is 2. The van der Waals surface area contributed by atoms with Crippen LogP contribution in [0.1, 0.15) is 96.8 Å². The Bertz CT molecular complexity index is 311. The van der Waals surface area contributed by atoms with Gasteiger partial charge in [-0.3, -0.25) is 9.59 Å². The highest BCUT2D eigenvalue weighted by molar-refractivity contribution is 7.84. The fourth-order valence-corrected chi connectivity index (χ4v) is 3.45. The van der Waals surface area contributed by atoms with E-state index in [2.05, 4.69) is 6.92 Å². The molecule has 0 saturated heterocycles. The highest BCUT2D eigenvalue weighted by Gasteiger charge is 2.21. The van der Waals surface area contributed by atoms with Gasteiger partial charge < -0.3 is 10.6 Å². The third-order valence-corrected chi connectivity index (χ3v) is 5.49. The van der Waals surface area contributed by atoms with Crippen LogP contribution in [0.15, 0.2) is 0 Å². The molecule has 1 atom stereocenters. The van der Waals surface area contributed by atoms with Gasteiger partial charge in [0.2, 0.25) is 5.52 Å². The van der Waals surface area contributed by atoms with Crippen molar-refractivity contribution in [2.75, 3.05) is 6.54 Å². The number of unbranched alkanes of at least 4 members (excludes halogenated alkanes) is 12. The average Bonchev–Trinajstić information content (AvgIpc) is 2.57. The summed E-state index contributed by atoms with van der Waals surface area (Å²) in [6.45, 7) is 2.01. The highest BCUT2D eigenvalue weighted by atomic mass is 31.1. The van der Waals surface area contributed by atoms with Gasteiger partial charge in [0.05, 0.1) is 6.54 Å². The maximum absolute atomic E-state index is 11.5. The summed E-state index contributed by atoms with van der Waals surface area (Å²) in [4.78, 5) is 32.1. The summed E-state index contributed by atoms with van der Waals surface area (Å²) in [6, 6.07) is 0. The van der Waals surface area contributed by atoms with Gasteiger partial charge in [0, 0.05) is 6.42 Å². The second-order valence-electron chi connectivity index (χ2n) is 6.30. The summed E-state index contributed by atoms with van der Waals surface area (Å²) < 4.78 is 0. The lowest BCUT2D eigenvalue weighted by atomic mass is 10.0. The standard InChI is InChI=1S/C18H36NO3P/c1-2-3-4-5-6-7-8-9-10-11-12-13-14-15-17(20)23(22)18(21)16-19/h22H,2-16,19H2,1H3. The average molecular weight is 345 g/mol. The third kappa shape index (κ3) is 13.8. The molecular formula is C18H36NO3P. The van der Waals surface area contributed by atoms with Gasteiger partial charge in [-0.15, -0.1) is 0 Å². The minimum atomic E-state index is -2.15. The Morgan fingerprint density at radius 1 is 0.739 bits per heavy atom. The smallest absolute Gasteiger partial charge is 0.202 e. The second kappa shape index (κ2) is 16.5. The first-order valence-corrected chi connectivity index (χ1v) is 10.7. The molecule has 0 aromatic rings. The molecule has 0 radical (unpaired) electrons. The Hall–Kier alpha value is -0.310. The van der Waals surface area contributed by atoms with Crippen LogP contribution in [0.25, 0.3) is 0 Å². The second-order valence-corrected chi connectivity index (χ2v) is 7.92. The molecule has 136 valence electrons. The van der Waals surface area contributed by atoms with Crippen LogP contribution >= 0.6 is 8.15 Å². The van der Waals surface area contributed by atoms with Crippen molar-refractivity contribution in [2.45, 2.75) is 96.8 Å². The Labute approximate surface area is 143 Å². The molecule has 0 aromatic carbocycles. The Morgan fingerprint density at radius 3 is 1.52 bits per heavy atom. The van der Waals surface area contributed by atoms with Crippen LogP contribution < -0.4 is 5.73 Å². The number of hydrogen-bond acceptors (Lipinski definition) is 4. The van der Waals surface area contributed by atoms with E-state index in [-0.39, 0.29) is 12.1 Å². The topological polar surface area (TPSA) is 80.4 Å². The van der Waals surface area contributed by atoms with Gasteiger partial charge in [-0.25, -0.2) is 0 Å². The molecule has 0 rings (SSSR count). The molecular weight excluding hydrogens is 309 g/mol. The normalized spacial score (nSPS) is 12.3. The monoisotopic (exact) mass is 345 g/mol. The van der Waals surface area contributed by atoms with Gasteiger partial charge in [-0.1, -0.05) is 84.0 Å². The van der Waals surface area contributed by atoms with Crippen molar-refractivity contribution in [3.8, 4) is 0 Å². The molecule has 4 nitrogen and oxygen atoms in total. The van der Waals surface area contributed by atoms with Crippen LogP contribution in [-0.2, 0) is 9.59 Å². The van der Waals surface area contributed by atoms with E-state index >= 15 is 0 Å². The van der Waals surface area contributed by atoms with E-state index in [1.54, 1.807) is 0 Å². The quantitative estimate of drug-likeness (QED) is 0.291. The summed E-state index contributed by atoms with van der Waals surface area (Å²) in [5, 5.41) is 0. The zero-order valence-corrected chi connectivity index (χ0v) is 15.8. The van der Waals surface area contributed by atoms with Crippen LogP contribution in [0.3, 0.4) is 0 Å². The predicted octanol–water partition coefficient (Wildman–Crippen LogP) is 4.87. The molecule has 5 heteroatoms. The van der Waals surface area contributed by atoms with Gasteiger partial charge in [-0.2, -0.15) is 0 Å². The van der Waals surface area contributed by atoms with Crippen molar-refractivity contribution >= 4 is 19.2 Å². The number of carbonyl (C=O) groups excluding carboxylic acids is 2. The van der Waals surface area contributed by atoms with Gasteiger partial charge in [0.1, 0.15) is 0 Å². The van der Waals surface area contributed by atoms with E-state index in [0.29, 0.717) is 6.42 Å². The Kier molecular flexibility index (Phi) is 16.3. The Morgan fingerprint density at radius 2 is 1.13 bits per heavy atom. The lowest BCUT2D eigenvalue weighted by molar-refractivity contribution is -0.114. The predicted molar refractivity (Wildman–Crippen MR) is 98.5 cm³/mol. The molecule has 0 aromatic heterocycles. The largest absolute Gasteiger partial charge is 0.360 e. The zero-order chi connectivity index (χ0) is 17.3. The van der Waals surface area contributed by atoms with Crippen molar-refractivity contribution in [3.05, 3.63) is 0 Å². The number of nitrogens with two attached hydrogens (primary N) is 1. The van der Waals surface area contributed by atoms with Gasteiger partial charge >= 0.3 is 0 Å². The van der Waals surface area contributed by atoms with Crippen LogP contribution in [0, 0.1) is 0 Å². The molecule has 0 fully saturated rings. The maximum atomic E-state index is 11.5. The van der Waals surface area contributed by atoms with E-state index in [1.165, 1.54) is 64.2 Å². The van der Waals surface area contributed by atoms with Crippen molar-refractivity contribution < 1.29 is 14.5 Å². The van der Waals surface area contributed by atoms with E-state index < -0.39 is 13.7 Å². The fraction of sp³-hybridized carbons (Fsp3) is 0.889. The van der Waals surface area contributed by atoms with Gasteiger partial charge in [0.25, 0.3) is 0 Å². The molecule has 23 heavy (non-hydrogen) atoms. The van der Waals surface area contributed by atoms with Crippen LogP contribution in [0.4, 0.5) is 0 Å². The van der Waals surface area contributed by atoms with Crippen molar-refractivity contribution in [2.24, 2.45) is 5.73 Å². The number of rotatable bonds is 17. The summed E-state index contributed by atoms with van der Waals surface area (Å²) in [7, 11) is -2.15. The van der Waals surface area contributed by atoms with E-state index in [9.17, 15) is 14.5 Å². The lowest BCUT2D eigenvalue weighted by Gasteiger charge is -2.06. The van der Waals surface area contributed by atoms with E-state index in [1.807, 2.05) is 0 Å². The van der Waals surface area contributed by atoms with Crippen LogP contribution in [0.5, 0.6) is 0 Å². The van der Waals surface area contributed by atoms with Crippen molar-refractivity contribution in [1.29, 1.82) is 0 Å². The molecule has 0 heterocycles. The molecule has 3 N–H and O–H groups in total. The summed E-state index contributed by atoms with van der Waals surface area (Å²) in [6.07, 6.45) is 16.6.